The van der Waals surface area contributed by atoms with E-state index in [1.165, 1.54) is 17.7 Å². The zero-order valence-corrected chi connectivity index (χ0v) is 10.8. The molecule has 0 aliphatic heterocycles. The molecule has 1 aromatic heterocycles. The number of nitrogens with zero attached hydrogens (tertiary/aromatic N) is 2. The monoisotopic (exact) mass is 221 g/mol. The van der Waals surface area contributed by atoms with Crippen LogP contribution in [0.2, 0.25) is 0 Å². The molecule has 1 rings (SSSR count). The topological polar surface area (TPSA) is 28.2 Å². The Morgan fingerprint density at radius 1 is 1.44 bits per heavy atom. The summed E-state index contributed by atoms with van der Waals surface area (Å²) in [5.41, 5.74) is 2.58. The zero-order chi connectivity index (χ0) is 12.0. The second-order valence-electron chi connectivity index (χ2n) is 4.32. The summed E-state index contributed by atoms with van der Waals surface area (Å²) in [5, 5.41) is 3.19. The van der Waals surface area contributed by atoms with Crippen LogP contribution < -0.4 is 10.2 Å². The Labute approximate surface area is 98.9 Å². The van der Waals surface area contributed by atoms with Crippen LogP contribution in [0.4, 0.5) is 5.69 Å². The van der Waals surface area contributed by atoms with Gasteiger partial charge in [0.2, 0.25) is 0 Å². The summed E-state index contributed by atoms with van der Waals surface area (Å²) in [6, 6.07) is 2.64. The highest BCUT2D eigenvalue weighted by Gasteiger charge is 2.12. The Hall–Kier alpha value is -1.09. The Morgan fingerprint density at radius 3 is 2.75 bits per heavy atom. The zero-order valence-electron chi connectivity index (χ0n) is 10.8. The Bertz CT molecular complexity index is 310. The minimum Gasteiger partial charge on any atom is -0.369 e. The number of nitrogens with one attached hydrogen (secondary N) is 1. The number of aromatic nitrogens is 1. The lowest BCUT2D eigenvalue weighted by Gasteiger charge is -2.30. The maximum atomic E-state index is 4.20. The van der Waals surface area contributed by atoms with E-state index in [0.717, 1.165) is 13.1 Å². The molecule has 0 saturated heterocycles. The number of hydrogen-bond acceptors (Lipinski definition) is 3. The molecule has 0 atom stereocenters. The Morgan fingerprint density at radius 2 is 2.19 bits per heavy atom. The van der Waals surface area contributed by atoms with E-state index in [1.807, 2.05) is 19.4 Å². The van der Waals surface area contributed by atoms with Crippen LogP contribution in [0.1, 0.15) is 32.8 Å². The molecular formula is C13H23N3. The van der Waals surface area contributed by atoms with Crippen LogP contribution in [0.5, 0.6) is 0 Å². The summed E-state index contributed by atoms with van der Waals surface area (Å²) in [7, 11) is 1.97. The van der Waals surface area contributed by atoms with Crippen molar-refractivity contribution in [1.82, 2.24) is 10.3 Å². The first-order valence-electron chi connectivity index (χ1n) is 6.04. The molecule has 0 aromatic carbocycles. The van der Waals surface area contributed by atoms with Crippen molar-refractivity contribution in [3.63, 3.8) is 0 Å². The number of pyridine rings is 1. The van der Waals surface area contributed by atoms with Crippen LogP contribution in [-0.2, 0) is 6.54 Å². The summed E-state index contributed by atoms with van der Waals surface area (Å²) in [4.78, 5) is 6.64. The molecule has 0 aliphatic carbocycles. The van der Waals surface area contributed by atoms with E-state index in [-0.39, 0.29) is 0 Å². The minimum absolute atomic E-state index is 0.526. The van der Waals surface area contributed by atoms with Crippen molar-refractivity contribution < 1.29 is 0 Å². The van der Waals surface area contributed by atoms with Gasteiger partial charge in [-0.15, -0.1) is 0 Å². The van der Waals surface area contributed by atoms with Crippen molar-refractivity contribution in [2.24, 2.45) is 0 Å². The van der Waals surface area contributed by atoms with Crippen molar-refractivity contribution in [3.05, 3.63) is 24.0 Å². The molecule has 0 fully saturated rings. The van der Waals surface area contributed by atoms with Crippen LogP contribution in [0.25, 0.3) is 0 Å². The maximum Gasteiger partial charge on any atom is 0.0445 e. The van der Waals surface area contributed by atoms with Gasteiger partial charge in [0.15, 0.2) is 0 Å². The van der Waals surface area contributed by atoms with Gasteiger partial charge in [-0.2, -0.15) is 0 Å². The first-order chi connectivity index (χ1) is 7.70. The molecule has 0 unspecified atom stereocenters. The highest BCUT2D eigenvalue weighted by Crippen LogP contribution is 2.21. The SMILES string of the molecule is CCCN(c1ccncc1CNC)C(C)C. The fourth-order valence-electron chi connectivity index (χ4n) is 1.92. The summed E-state index contributed by atoms with van der Waals surface area (Å²) in [6.07, 6.45) is 5.00. The van der Waals surface area contributed by atoms with Gasteiger partial charge in [0, 0.05) is 42.8 Å². The molecule has 0 amide bonds. The van der Waals surface area contributed by atoms with Crippen LogP contribution in [0.15, 0.2) is 18.5 Å². The van der Waals surface area contributed by atoms with Crippen LogP contribution >= 0.6 is 0 Å². The highest BCUT2D eigenvalue weighted by molar-refractivity contribution is 5.52. The molecule has 1 aromatic rings. The summed E-state index contributed by atoms with van der Waals surface area (Å²) in [6.45, 7) is 8.65. The smallest absolute Gasteiger partial charge is 0.0445 e. The lowest BCUT2D eigenvalue weighted by atomic mass is 10.1. The molecule has 1 heterocycles. The van der Waals surface area contributed by atoms with Crippen molar-refractivity contribution in [2.75, 3.05) is 18.5 Å². The predicted molar refractivity (Wildman–Crippen MR) is 69.8 cm³/mol. The maximum absolute atomic E-state index is 4.20. The van der Waals surface area contributed by atoms with Crippen molar-refractivity contribution >= 4 is 5.69 Å². The van der Waals surface area contributed by atoms with E-state index >= 15 is 0 Å². The number of rotatable bonds is 6. The highest BCUT2D eigenvalue weighted by atomic mass is 15.2. The van der Waals surface area contributed by atoms with Crippen molar-refractivity contribution in [2.45, 2.75) is 39.8 Å². The summed E-state index contributed by atoms with van der Waals surface area (Å²) >= 11 is 0. The predicted octanol–water partition coefficient (Wildman–Crippen LogP) is 2.43. The average Bonchev–Trinajstić information content (AvgIpc) is 2.27. The third-order valence-electron chi connectivity index (χ3n) is 2.64. The third kappa shape index (κ3) is 3.20. The lowest BCUT2D eigenvalue weighted by molar-refractivity contribution is 0.663. The van der Waals surface area contributed by atoms with E-state index in [2.05, 4.69) is 42.0 Å². The second kappa shape index (κ2) is 6.48. The van der Waals surface area contributed by atoms with Gasteiger partial charge >= 0.3 is 0 Å². The quantitative estimate of drug-likeness (QED) is 0.799. The molecule has 0 bridgehead atoms. The molecule has 0 aliphatic rings. The average molecular weight is 221 g/mol. The van der Waals surface area contributed by atoms with Crippen LogP contribution in [0, 0.1) is 0 Å². The van der Waals surface area contributed by atoms with Gasteiger partial charge in [-0.25, -0.2) is 0 Å². The van der Waals surface area contributed by atoms with Gasteiger partial charge in [0.05, 0.1) is 0 Å². The van der Waals surface area contributed by atoms with E-state index in [9.17, 15) is 0 Å². The molecule has 3 nitrogen and oxygen atoms in total. The Balaban J connectivity index is 2.97. The first kappa shape index (κ1) is 13.0. The normalized spacial score (nSPS) is 10.8. The van der Waals surface area contributed by atoms with Gasteiger partial charge in [-0.3, -0.25) is 4.98 Å². The van der Waals surface area contributed by atoms with E-state index in [0.29, 0.717) is 6.04 Å². The van der Waals surface area contributed by atoms with Gasteiger partial charge in [-0.1, -0.05) is 6.92 Å². The standard InChI is InChI=1S/C13H23N3/c1-5-8-16(11(2)3)13-6-7-15-10-12(13)9-14-4/h6-7,10-11,14H,5,8-9H2,1-4H3. The first-order valence-corrected chi connectivity index (χ1v) is 6.04. The number of hydrogen-bond donors (Lipinski definition) is 1. The largest absolute Gasteiger partial charge is 0.369 e. The molecule has 0 saturated carbocycles. The van der Waals surface area contributed by atoms with Gasteiger partial charge in [0.25, 0.3) is 0 Å². The van der Waals surface area contributed by atoms with Crippen molar-refractivity contribution in [3.8, 4) is 0 Å². The van der Waals surface area contributed by atoms with Gasteiger partial charge < -0.3 is 10.2 Å². The van der Waals surface area contributed by atoms with E-state index in [4.69, 9.17) is 0 Å². The van der Waals surface area contributed by atoms with Gasteiger partial charge in [0.1, 0.15) is 0 Å². The molecule has 1 N–H and O–H groups in total. The van der Waals surface area contributed by atoms with Crippen LogP contribution in [-0.4, -0.2) is 24.6 Å². The minimum atomic E-state index is 0.526. The molecule has 16 heavy (non-hydrogen) atoms. The van der Waals surface area contributed by atoms with E-state index < -0.39 is 0 Å². The van der Waals surface area contributed by atoms with E-state index in [1.54, 1.807) is 0 Å². The fourth-order valence-corrected chi connectivity index (χ4v) is 1.92. The summed E-state index contributed by atoms with van der Waals surface area (Å²) in [5.74, 6) is 0. The summed E-state index contributed by atoms with van der Waals surface area (Å²) < 4.78 is 0. The second-order valence-corrected chi connectivity index (χ2v) is 4.32. The Kier molecular flexibility index (Phi) is 5.26. The van der Waals surface area contributed by atoms with Gasteiger partial charge in [-0.05, 0) is 33.4 Å². The van der Waals surface area contributed by atoms with Crippen LogP contribution in [0.3, 0.4) is 0 Å². The number of anilines is 1. The van der Waals surface area contributed by atoms with Crippen molar-refractivity contribution in [1.29, 1.82) is 0 Å². The molecule has 0 spiro atoms. The molecule has 90 valence electrons. The fraction of sp³-hybridized carbons (Fsp3) is 0.615. The lowest BCUT2D eigenvalue weighted by Crippen LogP contribution is -2.32. The molecule has 3 heteroatoms. The molecular weight excluding hydrogens is 198 g/mol. The molecule has 0 radical (unpaired) electrons. The third-order valence-corrected chi connectivity index (χ3v) is 2.64.